The standard InChI is InChI=1S/C34H29N5O8S2/c1-2-37-14-15-38(31(43)30(37)42)34(46)36-25(18-8-4-3-5-9-18)28(40)35-26-29(41)39-27(33(44)45)24(17-48-32(26)39)49-19-12-13-21-20-10-6-7-11-22(20)47-23(21)16-19/h3-13,16,25-26,32H,2,14-15,17H2,1H3,(H,35,40)(H,36,46)(H,44,45)/t25?,26-,32+/m1/s1. The lowest BCUT2D eigenvalue weighted by Gasteiger charge is -2.49. The number of carboxylic acid groups (broad SMARTS) is 1. The van der Waals surface area contributed by atoms with E-state index in [1.807, 2.05) is 42.5 Å². The topological polar surface area (TPSA) is 170 Å². The van der Waals surface area contributed by atoms with E-state index in [2.05, 4.69) is 10.6 Å². The maximum absolute atomic E-state index is 13.7. The van der Waals surface area contributed by atoms with Crippen LogP contribution in [0.25, 0.3) is 21.9 Å². The van der Waals surface area contributed by atoms with Crippen molar-refractivity contribution < 1.29 is 38.3 Å². The number of imide groups is 1. The Morgan fingerprint density at radius 2 is 1.69 bits per heavy atom. The Labute approximate surface area is 287 Å². The summed E-state index contributed by atoms with van der Waals surface area (Å²) < 4.78 is 5.98. The van der Waals surface area contributed by atoms with Crippen LogP contribution < -0.4 is 10.6 Å². The largest absolute Gasteiger partial charge is 0.477 e. The lowest BCUT2D eigenvalue weighted by Crippen LogP contribution is -2.71. The summed E-state index contributed by atoms with van der Waals surface area (Å²) >= 11 is 2.55. The van der Waals surface area contributed by atoms with Crippen molar-refractivity contribution in [3.05, 3.63) is 89.0 Å². The Bertz CT molecular complexity index is 2080. The molecular weight excluding hydrogens is 671 g/mol. The molecule has 4 heterocycles. The Morgan fingerprint density at radius 1 is 0.959 bits per heavy atom. The van der Waals surface area contributed by atoms with Gasteiger partial charge in [-0.25, -0.2) is 9.59 Å². The van der Waals surface area contributed by atoms with Crippen LogP contribution in [0, 0.1) is 0 Å². The van der Waals surface area contributed by atoms with Gasteiger partial charge in [-0.15, -0.1) is 11.8 Å². The summed E-state index contributed by atoms with van der Waals surface area (Å²) in [5.41, 5.74) is 1.63. The number of piperazine rings is 1. The summed E-state index contributed by atoms with van der Waals surface area (Å²) in [6.07, 6.45) is 0. The van der Waals surface area contributed by atoms with Crippen LogP contribution in [0.5, 0.6) is 0 Å². The Hall–Kier alpha value is -5.28. The number of likely N-dealkylation sites (N-methyl/N-ethyl adjacent to an activating group) is 1. The number of carbonyl (C=O) groups excluding carboxylic acids is 5. The van der Waals surface area contributed by atoms with Crippen LogP contribution in [0.4, 0.5) is 4.79 Å². The summed E-state index contributed by atoms with van der Waals surface area (Å²) in [6.45, 7) is 2.16. The van der Waals surface area contributed by atoms with Crippen molar-refractivity contribution in [1.29, 1.82) is 0 Å². The minimum atomic E-state index is -1.31. The minimum absolute atomic E-state index is 0.0427. The van der Waals surface area contributed by atoms with Gasteiger partial charge in [0.2, 0.25) is 5.91 Å². The lowest BCUT2D eigenvalue weighted by molar-refractivity contribution is -0.153. The van der Waals surface area contributed by atoms with Gasteiger partial charge in [-0.1, -0.05) is 60.3 Å². The van der Waals surface area contributed by atoms with Crippen LogP contribution in [-0.2, 0) is 24.0 Å². The molecule has 13 nitrogen and oxygen atoms in total. The molecule has 7 rings (SSSR count). The van der Waals surface area contributed by atoms with Crippen molar-refractivity contribution in [1.82, 2.24) is 25.3 Å². The number of hydrogen-bond donors (Lipinski definition) is 3. The number of carboxylic acids is 1. The monoisotopic (exact) mass is 699 g/mol. The molecule has 4 aromatic rings. The van der Waals surface area contributed by atoms with Crippen LogP contribution >= 0.6 is 23.5 Å². The summed E-state index contributed by atoms with van der Waals surface area (Å²) in [4.78, 5) is 82.4. The van der Waals surface area contributed by atoms with E-state index < -0.39 is 53.1 Å². The molecule has 3 aromatic carbocycles. The third kappa shape index (κ3) is 5.78. The molecule has 250 valence electrons. The molecule has 1 unspecified atom stereocenters. The van der Waals surface area contributed by atoms with Gasteiger partial charge in [-0.3, -0.25) is 29.0 Å². The number of rotatable bonds is 8. The van der Waals surface area contributed by atoms with Crippen molar-refractivity contribution >= 4 is 81.1 Å². The number of urea groups is 1. The summed E-state index contributed by atoms with van der Waals surface area (Å²) in [6, 6.07) is 18.3. The third-order valence-electron chi connectivity index (χ3n) is 8.62. The van der Waals surface area contributed by atoms with Crippen molar-refractivity contribution in [2.45, 2.75) is 29.3 Å². The van der Waals surface area contributed by atoms with Gasteiger partial charge >= 0.3 is 23.8 Å². The fourth-order valence-corrected chi connectivity index (χ4v) is 8.64. The van der Waals surface area contributed by atoms with Crippen LogP contribution in [0.15, 0.2) is 92.7 Å². The smallest absolute Gasteiger partial charge is 0.353 e. The number of amides is 6. The first-order chi connectivity index (χ1) is 23.7. The fourth-order valence-electron chi connectivity index (χ4n) is 6.13. The third-order valence-corrected chi connectivity index (χ3v) is 11.2. The highest BCUT2D eigenvalue weighted by atomic mass is 32.2. The fraction of sp³-hybridized carbons (Fsp3) is 0.235. The van der Waals surface area contributed by atoms with Gasteiger partial charge in [-0.2, -0.15) is 0 Å². The number of aliphatic carboxylic acids is 1. The van der Waals surface area contributed by atoms with E-state index in [1.54, 1.807) is 37.3 Å². The normalized spacial score (nSPS) is 19.9. The molecule has 1 aromatic heterocycles. The van der Waals surface area contributed by atoms with E-state index in [4.69, 9.17) is 4.42 Å². The number of nitrogens with one attached hydrogen (secondary N) is 2. The molecule has 0 radical (unpaired) electrons. The SMILES string of the molecule is CCN1CCN(C(=O)NC(C(=O)N[C@@H]2C(=O)N3C(C(=O)O)=C(Sc4ccc5c(c4)oc4ccccc45)CS[C@@H]23)c2ccccc2)C(=O)C1=O. The van der Waals surface area contributed by atoms with Crippen molar-refractivity contribution in [3.63, 3.8) is 0 Å². The highest BCUT2D eigenvalue weighted by Crippen LogP contribution is 2.46. The van der Waals surface area contributed by atoms with Gasteiger partial charge in [0.05, 0.1) is 0 Å². The number of β-lactam (4-membered cyclic amide) rings is 1. The molecule has 3 aliphatic heterocycles. The van der Waals surface area contributed by atoms with Crippen LogP contribution in [-0.4, -0.2) is 92.2 Å². The van der Waals surface area contributed by atoms with Crippen molar-refractivity contribution in [2.24, 2.45) is 0 Å². The van der Waals surface area contributed by atoms with Gasteiger partial charge in [-0.05, 0) is 36.8 Å². The first kappa shape index (κ1) is 32.3. The van der Waals surface area contributed by atoms with Crippen molar-refractivity contribution in [2.75, 3.05) is 25.4 Å². The molecule has 0 saturated carbocycles. The Balaban J connectivity index is 1.08. The number of furan rings is 1. The van der Waals surface area contributed by atoms with E-state index >= 15 is 0 Å². The van der Waals surface area contributed by atoms with E-state index in [1.165, 1.54) is 33.3 Å². The highest BCUT2D eigenvalue weighted by Gasteiger charge is 2.55. The molecule has 6 amide bonds. The van der Waals surface area contributed by atoms with E-state index in [9.17, 15) is 33.9 Å². The second-order valence-electron chi connectivity index (χ2n) is 11.5. The van der Waals surface area contributed by atoms with Gasteiger partial charge in [0, 0.05) is 46.0 Å². The molecule has 3 N–H and O–H groups in total. The molecule has 2 saturated heterocycles. The Kier molecular flexibility index (Phi) is 8.54. The molecule has 3 atom stereocenters. The number of fused-ring (bicyclic) bond motifs is 4. The second kappa shape index (κ2) is 13.0. The quantitative estimate of drug-likeness (QED) is 0.183. The zero-order chi connectivity index (χ0) is 34.4. The van der Waals surface area contributed by atoms with E-state index in [0.717, 1.165) is 26.2 Å². The number of thioether (sulfide) groups is 2. The lowest BCUT2D eigenvalue weighted by atomic mass is 10.0. The average Bonchev–Trinajstić information content (AvgIpc) is 3.48. The average molecular weight is 700 g/mol. The van der Waals surface area contributed by atoms with Gasteiger partial charge in [0.25, 0.3) is 5.91 Å². The maximum Gasteiger partial charge on any atom is 0.353 e. The summed E-state index contributed by atoms with van der Waals surface area (Å²) in [5.74, 6) is -4.15. The number of para-hydroxylation sites is 1. The zero-order valence-electron chi connectivity index (χ0n) is 26.0. The predicted molar refractivity (Wildman–Crippen MR) is 181 cm³/mol. The highest BCUT2D eigenvalue weighted by molar-refractivity contribution is 8.06. The molecular formula is C34H29N5O8S2. The van der Waals surface area contributed by atoms with Gasteiger partial charge in [0.1, 0.15) is 34.3 Å². The second-order valence-corrected chi connectivity index (χ2v) is 13.7. The van der Waals surface area contributed by atoms with Crippen LogP contribution in [0.1, 0.15) is 18.5 Å². The number of benzene rings is 3. The molecule has 15 heteroatoms. The summed E-state index contributed by atoms with van der Waals surface area (Å²) in [5, 5.41) is 16.7. The molecule has 3 aliphatic rings. The minimum Gasteiger partial charge on any atom is -0.477 e. The van der Waals surface area contributed by atoms with Crippen LogP contribution in [0.2, 0.25) is 0 Å². The van der Waals surface area contributed by atoms with Crippen molar-refractivity contribution in [3.8, 4) is 0 Å². The molecule has 2 fully saturated rings. The first-order valence-corrected chi connectivity index (χ1v) is 17.3. The molecule has 0 aliphatic carbocycles. The zero-order valence-corrected chi connectivity index (χ0v) is 27.6. The number of carbonyl (C=O) groups is 6. The van der Waals surface area contributed by atoms with E-state index in [0.29, 0.717) is 22.6 Å². The first-order valence-electron chi connectivity index (χ1n) is 15.4. The molecule has 0 spiro atoms. The van der Waals surface area contributed by atoms with E-state index in [-0.39, 0.29) is 24.5 Å². The van der Waals surface area contributed by atoms with Gasteiger partial charge in [0.15, 0.2) is 0 Å². The predicted octanol–water partition coefficient (Wildman–Crippen LogP) is 3.52. The molecule has 49 heavy (non-hydrogen) atoms. The van der Waals surface area contributed by atoms with Gasteiger partial charge < -0.3 is 25.1 Å². The number of hydrogen-bond acceptors (Lipinski definition) is 9. The molecule has 0 bridgehead atoms. The maximum atomic E-state index is 13.7. The summed E-state index contributed by atoms with van der Waals surface area (Å²) in [7, 11) is 0. The van der Waals surface area contributed by atoms with Crippen LogP contribution in [0.3, 0.4) is 0 Å². The number of nitrogens with zero attached hydrogens (tertiary/aromatic N) is 3. The Morgan fingerprint density at radius 3 is 2.45 bits per heavy atom.